The molecule has 1 aliphatic rings. The van der Waals surface area contributed by atoms with Crippen LogP contribution in [0.2, 0.25) is 0 Å². The first kappa shape index (κ1) is 17.1. The summed E-state index contributed by atoms with van der Waals surface area (Å²) in [5.74, 6) is 0. The van der Waals surface area contributed by atoms with Gasteiger partial charge in [0.1, 0.15) is 0 Å². The zero-order valence-electron chi connectivity index (χ0n) is 12.0. The molecule has 0 amide bonds. The van der Waals surface area contributed by atoms with E-state index >= 15 is 0 Å². The van der Waals surface area contributed by atoms with Gasteiger partial charge in [0.2, 0.25) is 0 Å². The molecule has 1 nitrogen and oxygen atoms in total. The Morgan fingerprint density at radius 2 is 1.50 bits per heavy atom. The summed E-state index contributed by atoms with van der Waals surface area (Å²) in [4.78, 5) is 0. The highest BCUT2D eigenvalue weighted by molar-refractivity contribution is 5.34. The van der Waals surface area contributed by atoms with E-state index in [-0.39, 0.29) is 30.1 Å². The lowest BCUT2D eigenvalue weighted by atomic mass is 9.93. The van der Waals surface area contributed by atoms with E-state index < -0.39 is 23.5 Å². The lowest BCUT2D eigenvalue weighted by Crippen LogP contribution is -2.41. The second-order valence-electron chi connectivity index (χ2n) is 5.81. The van der Waals surface area contributed by atoms with Crippen molar-refractivity contribution >= 4 is 0 Å². The summed E-state index contributed by atoms with van der Waals surface area (Å²) in [6.45, 7) is 1.96. The standard InChI is InChI=1S/C15H17F6N/c1-9-3-2-4-13(22-9)7-10-5-11(14(16,17)18)8-12(6-10)15(19,20)21/h5-6,8-9,13,22H,2-4,7H2,1H3. The average molecular weight is 325 g/mol. The van der Waals surface area contributed by atoms with Crippen LogP contribution in [0.4, 0.5) is 26.3 Å². The van der Waals surface area contributed by atoms with Crippen molar-refractivity contribution in [1.82, 2.24) is 5.32 Å². The maximum Gasteiger partial charge on any atom is 0.416 e. The van der Waals surface area contributed by atoms with Gasteiger partial charge in [0.25, 0.3) is 0 Å². The first-order valence-corrected chi connectivity index (χ1v) is 7.10. The van der Waals surface area contributed by atoms with Crippen molar-refractivity contribution in [3.63, 3.8) is 0 Å². The number of rotatable bonds is 2. The van der Waals surface area contributed by atoms with Gasteiger partial charge in [-0.05, 0) is 49.9 Å². The maximum atomic E-state index is 12.8. The number of nitrogens with one attached hydrogen (secondary N) is 1. The van der Waals surface area contributed by atoms with Gasteiger partial charge in [-0.3, -0.25) is 0 Å². The van der Waals surface area contributed by atoms with Gasteiger partial charge in [-0.25, -0.2) is 0 Å². The monoisotopic (exact) mass is 325 g/mol. The Balaban J connectivity index is 2.29. The Hall–Kier alpha value is -1.24. The Morgan fingerprint density at radius 3 is 1.95 bits per heavy atom. The van der Waals surface area contributed by atoms with E-state index in [2.05, 4.69) is 5.32 Å². The van der Waals surface area contributed by atoms with Crippen LogP contribution in [-0.4, -0.2) is 12.1 Å². The van der Waals surface area contributed by atoms with Gasteiger partial charge in [-0.15, -0.1) is 0 Å². The van der Waals surface area contributed by atoms with Crippen molar-refractivity contribution in [1.29, 1.82) is 0 Å². The molecule has 1 aromatic carbocycles. The number of alkyl halides is 6. The lowest BCUT2D eigenvalue weighted by Gasteiger charge is -2.29. The third-order valence-electron chi connectivity index (χ3n) is 3.84. The number of halogens is 6. The van der Waals surface area contributed by atoms with Crippen molar-refractivity contribution in [2.75, 3.05) is 0 Å². The van der Waals surface area contributed by atoms with Gasteiger partial charge in [-0.1, -0.05) is 6.42 Å². The van der Waals surface area contributed by atoms with Gasteiger partial charge in [0.15, 0.2) is 0 Å². The lowest BCUT2D eigenvalue weighted by molar-refractivity contribution is -0.143. The molecule has 0 spiro atoms. The molecule has 1 aromatic rings. The van der Waals surface area contributed by atoms with Crippen molar-refractivity contribution in [2.24, 2.45) is 0 Å². The summed E-state index contributed by atoms with van der Waals surface area (Å²) in [6, 6.07) is 1.94. The molecule has 0 saturated carbocycles. The maximum absolute atomic E-state index is 12.8. The minimum atomic E-state index is -4.79. The zero-order chi connectivity index (χ0) is 16.5. The second kappa shape index (κ2) is 6.10. The Kier molecular flexibility index (Phi) is 4.75. The number of piperidine rings is 1. The normalized spacial score (nSPS) is 23.6. The van der Waals surface area contributed by atoms with Gasteiger partial charge < -0.3 is 5.32 Å². The van der Waals surface area contributed by atoms with Gasteiger partial charge in [-0.2, -0.15) is 26.3 Å². The molecule has 2 rings (SSSR count). The van der Waals surface area contributed by atoms with Crippen LogP contribution in [-0.2, 0) is 18.8 Å². The Morgan fingerprint density at radius 1 is 0.955 bits per heavy atom. The summed E-state index contributed by atoms with van der Waals surface area (Å²) in [7, 11) is 0. The summed E-state index contributed by atoms with van der Waals surface area (Å²) < 4.78 is 76.8. The Labute approximate surface area is 124 Å². The average Bonchev–Trinajstić information content (AvgIpc) is 2.36. The van der Waals surface area contributed by atoms with Crippen LogP contribution in [0.3, 0.4) is 0 Å². The van der Waals surface area contributed by atoms with Crippen molar-refractivity contribution in [2.45, 2.75) is 57.0 Å². The molecule has 124 valence electrons. The molecule has 0 bridgehead atoms. The molecule has 1 saturated heterocycles. The van der Waals surface area contributed by atoms with Crippen LogP contribution in [0.5, 0.6) is 0 Å². The predicted molar refractivity (Wildman–Crippen MR) is 70.4 cm³/mol. The van der Waals surface area contributed by atoms with Crippen LogP contribution in [0, 0.1) is 0 Å². The van der Waals surface area contributed by atoms with Gasteiger partial charge in [0, 0.05) is 12.1 Å². The summed E-state index contributed by atoms with van der Waals surface area (Å²) >= 11 is 0. The minimum absolute atomic E-state index is 0.0637. The number of hydrogen-bond donors (Lipinski definition) is 1. The molecule has 0 aromatic heterocycles. The molecule has 2 atom stereocenters. The summed E-state index contributed by atoms with van der Waals surface area (Å²) in [5, 5.41) is 3.22. The Bertz CT molecular complexity index is 487. The largest absolute Gasteiger partial charge is 0.416 e. The smallest absolute Gasteiger partial charge is 0.311 e. The molecular weight excluding hydrogens is 308 g/mol. The van der Waals surface area contributed by atoms with Gasteiger partial charge >= 0.3 is 12.4 Å². The third kappa shape index (κ3) is 4.38. The zero-order valence-corrected chi connectivity index (χ0v) is 12.0. The van der Waals surface area contributed by atoms with E-state index in [4.69, 9.17) is 0 Å². The van der Waals surface area contributed by atoms with Crippen LogP contribution in [0.15, 0.2) is 18.2 Å². The molecule has 1 aliphatic heterocycles. The summed E-state index contributed by atoms with van der Waals surface area (Å²) in [5.41, 5.74) is -2.43. The van der Waals surface area contributed by atoms with Crippen LogP contribution in [0.25, 0.3) is 0 Å². The SMILES string of the molecule is CC1CCCC(Cc2cc(C(F)(F)F)cc(C(F)(F)F)c2)N1. The molecule has 1 heterocycles. The van der Waals surface area contributed by atoms with Crippen molar-refractivity contribution in [3.05, 3.63) is 34.9 Å². The number of hydrogen-bond acceptors (Lipinski definition) is 1. The van der Waals surface area contributed by atoms with Crippen LogP contribution < -0.4 is 5.32 Å². The first-order chi connectivity index (χ1) is 10.1. The third-order valence-corrected chi connectivity index (χ3v) is 3.84. The van der Waals surface area contributed by atoms with E-state index in [9.17, 15) is 26.3 Å². The van der Waals surface area contributed by atoms with E-state index in [1.54, 1.807) is 0 Å². The highest BCUT2D eigenvalue weighted by Gasteiger charge is 2.37. The molecule has 0 aliphatic carbocycles. The van der Waals surface area contributed by atoms with Crippen LogP contribution in [0.1, 0.15) is 42.9 Å². The van der Waals surface area contributed by atoms with E-state index in [1.165, 1.54) is 0 Å². The second-order valence-corrected chi connectivity index (χ2v) is 5.81. The highest BCUT2D eigenvalue weighted by atomic mass is 19.4. The summed E-state index contributed by atoms with van der Waals surface area (Å²) in [6.07, 6.45) is -6.78. The molecule has 1 N–H and O–H groups in total. The van der Waals surface area contributed by atoms with Crippen molar-refractivity contribution in [3.8, 4) is 0 Å². The fourth-order valence-electron chi connectivity index (χ4n) is 2.82. The van der Waals surface area contributed by atoms with E-state index in [0.717, 1.165) is 31.4 Å². The van der Waals surface area contributed by atoms with E-state index in [1.807, 2.05) is 6.92 Å². The number of benzene rings is 1. The highest BCUT2D eigenvalue weighted by Crippen LogP contribution is 2.36. The topological polar surface area (TPSA) is 12.0 Å². The molecular formula is C15H17F6N. The molecule has 0 radical (unpaired) electrons. The minimum Gasteiger partial charge on any atom is -0.311 e. The van der Waals surface area contributed by atoms with Gasteiger partial charge in [0.05, 0.1) is 11.1 Å². The fourth-order valence-corrected chi connectivity index (χ4v) is 2.82. The first-order valence-electron chi connectivity index (χ1n) is 7.10. The quantitative estimate of drug-likeness (QED) is 0.771. The molecule has 1 fully saturated rings. The fraction of sp³-hybridized carbons (Fsp3) is 0.600. The van der Waals surface area contributed by atoms with Crippen molar-refractivity contribution < 1.29 is 26.3 Å². The van der Waals surface area contributed by atoms with Crippen LogP contribution >= 0.6 is 0 Å². The molecule has 22 heavy (non-hydrogen) atoms. The molecule has 7 heteroatoms. The predicted octanol–water partition coefficient (Wildman–Crippen LogP) is 4.80. The molecule has 2 unspecified atom stereocenters. The van der Waals surface area contributed by atoms with E-state index in [0.29, 0.717) is 0 Å².